The minimum Gasteiger partial charge on any atom is -0.363 e. The van der Waals surface area contributed by atoms with Crippen molar-refractivity contribution in [3.63, 3.8) is 0 Å². The summed E-state index contributed by atoms with van der Waals surface area (Å²) in [6.45, 7) is 5.83. The van der Waals surface area contributed by atoms with Crippen molar-refractivity contribution in [3.8, 4) is 0 Å². The zero-order valence-electron chi connectivity index (χ0n) is 4.86. The van der Waals surface area contributed by atoms with Gasteiger partial charge in [-0.3, -0.25) is 0 Å². The predicted molar refractivity (Wildman–Crippen MR) is 35.8 cm³/mol. The monoisotopic (exact) mass is 131 g/mol. The zero-order chi connectivity index (χ0) is 5.98. The molecule has 1 nitrogen and oxygen atoms in total. The highest BCUT2D eigenvalue weighted by Gasteiger charge is 2.10. The number of halogens is 1. The summed E-state index contributed by atoms with van der Waals surface area (Å²) in [5.41, 5.74) is 0. The van der Waals surface area contributed by atoms with E-state index in [-0.39, 0.29) is 0 Å². The fourth-order valence-electron chi connectivity index (χ4n) is 0.960. The standard InChI is InChI=1S/C6H10ClN/c1-6(7)8-4-2-3-5-8/h1-5H2. The van der Waals surface area contributed by atoms with Gasteiger partial charge in [-0.1, -0.05) is 18.2 Å². The summed E-state index contributed by atoms with van der Waals surface area (Å²) in [6, 6.07) is 0. The molecule has 0 aromatic heterocycles. The van der Waals surface area contributed by atoms with Gasteiger partial charge in [-0.2, -0.15) is 0 Å². The van der Waals surface area contributed by atoms with E-state index in [0.29, 0.717) is 5.16 Å². The Bertz CT molecular complexity index is 94.7. The summed E-state index contributed by atoms with van der Waals surface area (Å²) >= 11 is 5.62. The molecule has 0 bridgehead atoms. The molecule has 1 saturated heterocycles. The molecule has 1 fully saturated rings. The normalized spacial score (nSPS) is 19.4. The maximum Gasteiger partial charge on any atom is 0.0970 e. The van der Waals surface area contributed by atoms with Crippen LogP contribution in [-0.4, -0.2) is 18.0 Å². The van der Waals surface area contributed by atoms with Crippen molar-refractivity contribution in [2.45, 2.75) is 12.8 Å². The molecule has 8 heavy (non-hydrogen) atoms. The maximum atomic E-state index is 5.62. The third-order valence-electron chi connectivity index (χ3n) is 1.45. The number of hydrogen-bond donors (Lipinski definition) is 0. The van der Waals surface area contributed by atoms with Gasteiger partial charge in [0.15, 0.2) is 0 Å². The molecule has 1 heterocycles. The second-order valence-electron chi connectivity index (χ2n) is 2.07. The molecule has 0 aromatic carbocycles. The molecule has 0 atom stereocenters. The molecule has 0 N–H and O–H groups in total. The van der Waals surface area contributed by atoms with Crippen LogP contribution in [0.15, 0.2) is 11.7 Å². The van der Waals surface area contributed by atoms with E-state index in [4.69, 9.17) is 11.6 Å². The van der Waals surface area contributed by atoms with Crippen LogP contribution in [0, 0.1) is 0 Å². The quantitative estimate of drug-likeness (QED) is 0.491. The lowest BCUT2D eigenvalue weighted by molar-refractivity contribution is 0.456. The first-order valence-electron chi connectivity index (χ1n) is 2.90. The molecule has 0 spiro atoms. The van der Waals surface area contributed by atoms with E-state index in [0.717, 1.165) is 13.1 Å². The first-order valence-corrected chi connectivity index (χ1v) is 3.28. The van der Waals surface area contributed by atoms with Gasteiger partial charge in [0, 0.05) is 13.1 Å². The van der Waals surface area contributed by atoms with E-state index in [1.165, 1.54) is 12.8 Å². The number of nitrogens with zero attached hydrogens (tertiary/aromatic N) is 1. The Kier molecular flexibility index (Phi) is 1.79. The Morgan fingerprint density at radius 2 is 1.88 bits per heavy atom. The van der Waals surface area contributed by atoms with E-state index in [1.54, 1.807) is 0 Å². The largest absolute Gasteiger partial charge is 0.363 e. The SMILES string of the molecule is C=C(Cl)N1CCCC1. The third-order valence-corrected chi connectivity index (χ3v) is 1.69. The fourth-order valence-corrected chi connectivity index (χ4v) is 1.13. The Morgan fingerprint density at radius 1 is 1.38 bits per heavy atom. The second-order valence-corrected chi connectivity index (χ2v) is 2.51. The van der Waals surface area contributed by atoms with E-state index in [9.17, 15) is 0 Å². The molecule has 0 amide bonds. The summed E-state index contributed by atoms with van der Waals surface area (Å²) in [5, 5.41) is 0.697. The molecule has 0 unspecified atom stereocenters. The fraction of sp³-hybridized carbons (Fsp3) is 0.667. The smallest absolute Gasteiger partial charge is 0.0970 e. The number of likely N-dealkylation sites (tertiary alicyclic amines) is 1. The predicted octanol–water partition coefficient (Wildman–Crippen LogP) is 1.79. The molecule has 2 heteroatoms. The van der Waals surface area contributed by atoms with Crippen molar-refractivity contribution in [1.29, 1.82) is 0 Å². The van der Waals surface area contributed by atoms with E-state index >= 15 is 0 Å². The average molecular weight is 132 g/mol. The topological polar surface area (TPSA) is 3.24 Å². The Morgan fingerprint density at radius 3 is 2.12 bits per heavy atom. The van der Waals surface area contributed by atoms with Crippen LogP contribution in [0.2, 0.25) is 0 Å². The molecule has 0 saturated carbocycles. The van der Waals surface area contributed by atoms with Gasteiger partial charge in [0.2, 0.25) is 0 Å². The first-order chi connectivity index (χ1) is 3.80. The van der Waals surface area contributed by atoms with Gasteiger partial charge in [0.1, 0.15) is 0 Å². The van der Waals surface area contributed by atoms with Crippen LogP contribution < -0.4 is 0 Å². The summed E-state index contributed by atoms with van der Waals surface area (Å²) < 4.78 is 0. The summed E-state index contributed by atoms with van der Waals surface area (Å²) in [4.78, 5) is 2.10. The lowest BCUT2D eigenvalue weighted by Gasteiger charge is -2.13. The van der Waals surface area contributed by atoms with Crippen molar-refractivity contribution in [3.05, 3.63) is 11.7 Å². The average Bonchev–Trinajstić information content (AvgIpc) is 2.12. The molecule has 1 rings (SSSR count). The van der Waals surface area contributed by atoms with Crippen molar-refractivity contribution in [2.24, 2.45) is 0 Å². The summed E-state index contributed by atoms with van der Waals surface area (Å²) in [7, 11) is 0. The summed E-state index contributed by atoms with van der Waals surface area (Å²) in [6.07, 6.45) is 2.54. The van der Waals surface area contributed by atoms with Gasteiger partial charge >= 0.3 is 0 Å². The van der Waals surface area contributed by atoms with Crippen LogP contribution in [0.1, 0.15) is 12.8 Å². The minimum absolute atomic E-state index is 0.697. The Labute approximate surface area is 54.9 Å². The van der Waals surface area contributed by atoms with E-state index in [1.807, 2.05) is 0 Å². The van der Waals surface area contributed by atoms with Crippen LogP contribution >= 0.6 is 11.6 Å². The highest BCUT2D eigenvalue weighted by molar-refractivity contribution is 6.28. The summed E-state index contributed by atoms with van der Waals surface area (Å²) in [5.74, 6) is 0. The second kappa shape index (κ2) is 2.40. The highest BCUT2D eigenvalue weighted by atomic mass is 35.5. The molecular weight excluding hydrogens is 122 g/mol. The van der Waals surface area contributed by atoms with Crippen molar-refractivity contribution in [2.75, 3.05) is 13.1 Å². The maximum absolute atomic E-state index is 5.62. The van der Waals surface area contributed by atoms with Crippen LogP contribution in [-0.2, 0) is 0 Å². The van der Waals surface area contributed by atoms with Crippen molar-refractivity contribution in [1.82, 2.24) is 4.90 Å². The minimum atomic E-state index is 0.697. The molecule has 0 radical (unpaired) electrons. The van der Waals surface area contributed by atoms with E-state index < -0.39 is 0 Å². The van der Waals surface area contributed by atoms with Crippen LogP contribution in [0.25, 0.3) is 0 Å². The van der Waals surface area contributed by atoms with Gasteiger partial charge in [0.25, 0.3) is 0 Å². The molecule has 1 aliphatic rings. The van der Waals surface area contributed by atoms with Gasteiger partial charge < -0.3 is 4.90 Å². The highest BCUT2D eigenvalue weighted by Crippen LogP contribution is 2.14. The Hall–Kier alpha value is -0.170. The third kappa shape index (κ3) is 1.16. The Balaban J connectivity index is 2.35. The van der Waals surface area contributed by atoms with Crippen molar-refractivity contribution >= 4 is 11.6 Å². The lowest BCUT2D eigenvalue weighted by atomic mass is 10.4. The van der Waals surface area contributed by atoms with E-state index in [2.05, 4.69) is 11.5 Å². The van der Waals surface area contributed by atoms with Gasteiger partial charge in [-0.25, -0.2) is 0 Å². The van der Waals surface area contributed by atoms with Gasteiger partial charge in [-0.15, -0.1) is 0 Å². The number of hydrogen-bond acceptors (Lipinski definition) is 1. The zero-order valence-corrected chi connectivity index (χ0v) is 5.62. The van der Waals surface area contributed by atoms with Crippen LogP contribution in [0.3, 0.4) is 0 Å². The molecule has 0 aromatic rings. The van der Waals surface area contributed by atoms with Gasteiger partial charge in [0.05, 0.1) is 5.16 Å². The lowest BCUT2D eigenvalue weighted by Crippen LogP contribution is -2.13. The van der Waals surface area contributed by atoms with Crippen LogP contribution in [0.4, 0.5) is 0 Å². The van der Waals surface area contributed by atoms with Crippen molar-refractivity contribution < 1.29 is 0 Å². The van der Waals surface area contributed by atoms with Crippen LogP contribution in [0.5, 0.6) is 0 Å². The molecular formula is C6H10ClN. The molecule has 46 valence electrons. The van der Waals surface area contributed by atoms with Gasteiger partial charge in [-0.05, 0) is 12.8 Å². The molecule has 0 aliphatic carbocycles. The number of rotatable bonds is 1. The molecule has 1 aliphatic heterocycles. The first kappa shape index (κ1) is 5.96.